The zero-order valence-corrected chi connectivity index (χ0v) is 17.8. The van der Waals surface area contributed by atoms with Gasteiger partial charge in [-0.25, -0.2) is 4.79 Å². The molecule has 2 aromatic carbocycles. The number of fused-ring (bicyclic) bond motifs is 1. The summed E-state index contributed by atoms with van der Waals surface area (Å²) >= 11 is 6.36. The van der Waals surface area contributed by atoms with Crippen molar-refractivity contribution in [2.45, 2.75) is 39.9 Å². The highest BCUT2D eigenvalue weighted by molar-refractivity contribution is 6.31. The average Bonchev–Trinajstić information content (AvgIpc) is 3.09. The summed E-state index contributed by atoms with van der Waals surface area (Å²) in [6.07, 6.45) is 0.590. The van der Waals surface area contributed by atoms with Crippen LogP contribution in [0.2, 0.25) is 5.02 Å². The first kappa shape index (κ1) is 20.2. The van der Waals surface area contributed by atoms with Gasteiger partial charge in [-0.3, -0.25) is 18.6 Å². The van der Waals surface area contributed by atoms with Crippen LogP contribution in [0.1, 0.15) is 23.7 Å². The van der Waals surface area contributed by atoms with Crippen LogP contribution in [0.4, 0.5) is 0 Å². The Bertz CT molecular complexity index is 1320. The van der Waals surface area contributed by atoms with E-state index in [1.54, 1.807) is 15.3 Å². The molecule has 0 bridgehead atoms. The maximum absolute atomic E-state index is 13.4. The van der Waals surface area contributed by atoms with Gasteiger partial charge in [0.2, 0.25) is 0 Å². The van der Waals surface area contributed by atoms with E-state index in [2.05, 4.69) is 5.10 Å². The van der Waals surface area contributed by atoms with E-state index in [9.17, 15) is 9.59 Å². The monoisotopic (exact) mass is 422 g/mol. The van der Waals surface area contributed by atoms with Crippen molar-refractivity contribution in [3.63, 3.8) is 0 Å². The molecule has 4 rings (SSSR count). The predicted octanol–water partition coefficient (Wildman–Crippen LogP) is 3.63. The van der Waals surface area contributed by atoms with E-state index in [4.69, 9.17) is 11.6 Å². The van der Waals surface area contributed by atoms with Gasteiger partial charge in [0.15, 0.2) is 5.52 Å². The number of benzene rings is 2. The van der Waals surface area contributed by atoms with Gasteiger partial charge in [0, 0.05) is 18.1 Å². The highest BCUT2D eigenvalue weighted by Gasteiger charge is 2.20. The van der Waals surface area contributed by atoms with Gasteiger partial charge in [-0.2, -0.15) is 5.10 Å². The van der Waals surface area contributed by atoms with E-state index in [0.29, 0.717) is 41.3 Å². The molecule has 0 spiro atoms. The summed E-state index contributed by atoms with van der Waals surface area (Å²) in [6.45, 7) is 4.88. The number of rotatable bonds is 6. The molecule has 0 aliphatic carbocycles. The van der Waals surface area contributed by atoms with Gasteiger partial charge in [0.1, 0.15) is 0 Å². The zero-order valence-electron chi connectivity index (χ0n) is 17.0. The van der Waals surface area contributed by atoms with Crippen molar-refractivity contribution in [3.8, 4) is 0 Å². The molecule has 0 radical (unpaired) electrons. The van der Waals surface area contributed by atoms with Crippen LogP contribution in [0.15, 0.2) is 64.2 Å². The quantitative estimate of drug-likeness (QED) is 0.476. The van der Waals surface area contributed by atoms with E-state index >= 15 is 0 Å². The van der Waals surface area contributed by atoms with Crippen molar-refractivity contribution in [3.05, 3.63) is 97.3 Å². The largest absolute Gasteiger partial charge is 0.331 e. The van der Waals surface area contributed by atoms with Crippen LogP contribution in [-0.4, -0.2) is 18.9 Å². The second-order valence-electron chi connectivity index (χ2n) is 7.25. The molecule has 0 aliphatic heterocycles. The second-order valence-corrected chi connectivity index (χ2v) is 7.66. The number of hydrogen-bond acceptors (Lipinski definition) is 3. The average molecular weight is 423 g/mol. The van der Waals surface area contributed by atoms with Crippen molar-refractivity contribution in [2.75, 3.05) is 0 Å². The molecule has 0 fully saturated rings. The molecule has 0 saturated heterocycles. The van der Waals surface area contributed by atoms with Crippen LogP contribution in [0.5, 0.6) is 0 Å². The lowest BCUT2D eigenvalue weighted by Gasteiger charge is -2.14. The van der Waals surface area contributed by atoms with E-state index in [0.717, 1.165) is 11.1 Å². The zero-order chi connectivity index (χ0) is 21.3. The van der Waals surface area contributed by atoms with Crippen LogP contribution in [-0.2, 0) is 26.1 Å². The molecule has 7 heteroatoms. The fourth-order valence-electron chi connectivity index (χ4n) is 3.82. The summed E-state index contributed by atoms with van der Waals surface area (Å²) in [5.74, 6) is 0. The molecule has 2 heterocycles. The maximum atomic E-state index is 13.4. The highest BCUT2D eigenvalue weighted by Crippen LogP contribution is 2.19. The first-order valence-corrected chi connectivity index (χ1v) is 10.4. The van der Waals surface area contributed by atoms with E-state index < -0.39 is 0 Å². The summed E-state index contributed by atoms with van der Waals surface area (Å²) < 4.78 is 4.62. The third-order valence-electron chi connectivity index (χ3n) is 5.33. The molecule has 2 aromatic heterocycles. The highest BCUT2D eigenvalue weighted by atomic mass is 35.5. The molecule has 6 nitrogen and oxygen atoms in total. The minimum absolute atomic E-state index is 0.275. The van der Waals surface area contributed by atoms with Crippen LogP contribution in [0.3, 0.4) is 0 Å². The number of aryl methyl sites for hydroxylation is 3. The van der Waals surface area contributed by atoms with Gasteiger partial charge < -0.3 is 0 Å². The van der Waals surface area contributed by atoms with Crippen molar-refractivity contribution in [2.24, 2.45) is 0 Å². The Kier molecular flexibility index (Phi) is 5.59. The first-order chi connectivity index (χ1) is 14.5. The number of nitrogens with zero attached hydrogens (tertiary/aromatic N) is 4. The summed E-state index contributed by atoms with van der Waals surface area (Å²) in [7, 11) is 0. The molecule has 0 amide bonds. The smallest absolute Gasteiger partial charge is 0.285 e. The van der Waals surface area contributed by atoms with Crippen LogP contribution < -0.4 is 11.2 Å². The minimum Gasteiger partial charge on any atom is -0.285 e. The maximum Gasteiger partial charge on any atom is 0.331 e. The summed E-state index contributed by atoms with van der Waals surface area (Å²) in [5, 5.41) is 5.09. The van der Waals surface area contributed by atoms with Gasteiger partial charge in [-0.05, 0) is 37.5 Å². The van der Waals surface area contributed by atoms with Crippen molar-refractivity contribution in [1.29, 1.82) is 0 Å². The van der Waals surface area contributed by atoms with Gasteiger partial charge in [-0.1, -0.05) is 60.1 Å². The predicted molar refractivity (Wildman–Crippen MR) is 119 cm³/mol. The Hall–Kier alpha value is -3.12. The van der Waals surface area contributed by atoms with Crippen molar-refractivity contribution < 1.29 is 0 Å². The topological polar surface area (TPSA) is 61.8 Å². The Morgan fingerprint density at radius 3 is 2.33 bits per heavy atom. The Balaban J connectivity index is 1.90. The lowest BCUT2D eigenvalue weighted by molar-refractivity contribution is 0.583. The number of halogens is 1. The normalized spacial score (nSPS) is 11.3. The van der Waals surface area contributed by atoms with Crippen LogP contribution >= 0.6 is 11.6 Å². The standard InChI is InChI=1S/C23H23ClN4O2/c1-3-28-21-20(16(2)25-28)27(15-18-11-7-8-12-19(18)24)23(30)26(22(21)29)14-13-17-9-5-4-6-10-17/h4-12H,3,13-15H2,1-2H3. The fraction of sp³-hybridized carbons (Fsp3) is 0.261. The molecule has 0 saturated carbocycles. The van der Waals surface area contributed by atoms with Gasteiger partial charge in [0.05, 0.1) is 17.8 Å². The SMILES string of the molecule is CCn1nc(C)c2c1c(=O)n(CCc1ccccc1)c(=O)n2Cc1ccccc1Cl. The lowest BCUT2D eigenvalue weighted by atomic mass is 10.1. The fourth-order valence-corrected chi connectivity index (χ4v) is 4.01. The van der Waals surface area contributed by atoms with Crippen LogP contribution in [0, 0.1) is 6.92 Å². The van der Waals surface area contributed by atoms with Gasteiger partial charge in [-0.15, -0.1) is 0 Å². The molecular formula is C23H23ClN4O2. The molecule has 0 unspecified atom stereocenters. The number of hydrogen-bond donors (Lipinski definition) is 0. The summed E-state index contributed by atoms with van der Waals surface area (Å²) in [6, 6.07) is 17.3. The summed E-state index contributed by atoms with van der Waals surface area (Å²) in [5.41, 5.74) is 2.92. The van der Waals surface area contributed by atoms with Crippen molar-refractivity contribution in [1.82, 2.24) is 18.9 Å². The number of aromatic nitrogens is 4. The van der Waals surface area contributed by atoms with E-state index in [1.165, 1.54) is 4.57 Å². The molecule has 154 valence electrons. The Morgan fingerprint density at radius 1 is 0.933 bits per heavy atom. The first-order valence-electron chi connectivity index (χ1n) is 9.99. The van der Waals surface area contributed by atoms with Gasteiger partial charge in [0.25, 0.3) is 5.56 Å². The second kappa shape index (κ2) is 8.32. The van der Waals surface area contributed by atoms with E-state index in [1.807, 2.05) is 62.4 Å². The third-order valence-corrected chi connectivity index (χ3v) is 5.70. The van der Waals surface area contributed by atoms with Crippen molar-refractivity contribution >= 4 is 22.6 Å². The molecule has 4 aromatic rings. The Labute approximate surface area is 179 Å². The third kappa shape index (κ3) is 3.59. The Morgan fingerprint density at radius 2 is 1.63 bits per heavy atom. The summed E-state index contributed by atoms with van der Waals surface area (Å²) in [4.78, 5) is 26.7. The molecule has 0 N–H and O–H groups in total. The molecular weight excluding hydrogens is 400 g/mol. The lowest BCUT2D eigenvalue weighted by Crippen LogP contribution is -2.41. The molecule has 0 aliphatic rings. The van der Waals surface area contributed by atoms with E-state index in [-0.39, 0.29) is 17.8 Å². The minimum atomic E-state index is -0.345. The molecule has 30 heavy (non-hydrogen) atoms. The molecule has 0 atom stereocenters. The van der Waals surface area contributed by atoms with Crippen LogP contribution in [0.25, 0.3) is 11.0 Å². The van der Waals surface area contributed by atoms with Gasteiger partial charge >= 0.3 is 5.69 Å².